The fraction of sp³-hybridized carbons (Fsp3) is 0.273. The summed E-state index contributed by atoms with van der Waals surface area (Å²) in [7, 11) is 0. The zero-order valence-electron chi connectivity index (χ0n) is 8.45. The first kappa shape index (κ1) is 9.94. The molecule has 0 saturated carbocycles. The van der Waals surface area contributed by atoms with Gasteiger partial charge >= 0.3 is 0 Å². The van der Waals surface area contributed by atoms with Gasteiger partial charge in [0.15, 0.2) is 5.01 Å². The van der Waals surface area contributed by atoms with Gasteiger partial charge in [-0.3, -0.25) is 0 Å². The van der Waals surface area contributed by atoms with Crippen LogP contribution in [-0.2, 0) is 0 Å². The first-order valence-electron chi connectivity index (χ1n) is 4.88. The molecule has 1 aromatic heterocycles. The van der Waals surface area contributed by atoms with Crippen molar-refractivity contribution in [2.24, 2.45) is 0 Å². The Bertz CT molecular complexity index is 510. The van der Waals surface area contributed by atoms with Crippen molar-refractivity contribution in [3.8, 4) is 6.07 Å². The van der Waals surface area contributed by atoms with E-state index in [2.05, 4.69) is 23.3 Å². The van der Waals surface area contributed by atoms with E-state index in [9.17, 15) is 0 Å². The lowest BCUT2D eigenvalue weighted by Crippen LogP contribution is -1.99. The maximum absolute atomic E-state index is 8.78. The van der Waals surface area contributed by atoms with Crippen LogP contribution in [0.2, 0.25) is 0 Å². The number of nitrogens with zero attached hydrogens (tertiary/aromatic N) is 2. The molecule has 0 atom stereocenters. The highest BCUT2D eigenvalue weighted by molar-refractivity contribution is 7.19. The third kappa shape index (κ3) is 1.92. The van der Waals surface area contributed by atoms with Crippen LogP contribution < -0.4 is 5.32 Å². The van der Waals surface area contributed by atoms with Gasteiger partial charge in [-0.25, -0.2) is 4.98 Å². The number of aromatic nitrogens is 1. The average Bonchev–Trinajstić information content (AvgIpc) is 2.69. The summed E-state index contributed by atoms with van der Waals surface area (Å²) >= 11 is 1.43. The molecule has 1 heterocycles. The Labute approximate surface area is 92.4 Å². The van der Waals surface area contributed by atoms with E-state index in [1.807, 2.05) is 18.2 Å². The second-order valence-electron chi connectivity index (χ2n) is 3.21. The molecule has 1 aromatic carbocycles. The van der Waals surface area contributed by atoms with Crippen molar-refractivity contribution in [3.05, 3.63) is 23.2 Å². The van der Waals surface area contributed by atoms with Crippen LogP contribution in [0.3, 0.4) is 0 Å². The average molecular weight is 217 g/mol. The van der Waals surface area contributed by atoms with E-state index in [-0.39, 0.29) is 0 Å². The summed E-state index contributed by atoms with van der Waals surface area (Å²) in [6.45, 7) is 3.05. The molecule has 76 valence electrons. The molecule has 15 heavy (non-hydrogen) atoms. The maximum Gasteiger partial charge on any atom is 0.195 e. The van der Waals surface area contributed by atoms with Crippen molar-refractivity contribution in [2.75, 3.05) is 11.9 Å². The number of benzene rings is 1. The maximum atomic E-state index is 8.78. The van der Waals surface area contributed by atoms with Gasteiger partial charge in [-0.05, 0) is 18.6 Å². The number of hydrogen-bond donors (Lipinski definition) is 1. The van der Waals surface area contributed by atoms with Gasteiger partial charge < -0.3 is 5.32 Å². The second-order valence-corrected chi connectivity index (χ2v) is 4.24. The number of hydrogen-bond acceptors (Lipinski definition) is 4. The van der Waals surface area contributed by atoms with E-state index < -0.39 is 0 Å². The van der Waals surface area contributed by atoms with Crippen molar-refractivity contribution >= 4 is 27.2 Å². The summed E-state index contributed by atoms with van der Waals surface area (Å²) in [5, 5.41) is 12.6. The quantitative estimate of drug-likeness (QED) is 0.859. The van der Waals surface area contributed by atoms with Crippen LogP contribution in [0.15, 0.2) is 18.2 Å². The van der Waals surface area contributed by atoms with Crippen molar-refractivity contribution < 1.29 is 0 Å². The van der Waals surface area contributed by atoms with Crippen molar-refractivity contribution in [1.82, 2.24) is 4.98 Å². The molecule has 2 rings (SSSR count). The van der Waals surface area contributed by atoms with Crippen molar-refractivity contribution in [1.29, 1.82) is 5.26 Å². The number of nitriles is 1. The molecule has 0 aliphatic rings. The molecule has 0 aliphatic carbocycles. The first-order chi connectivity index (χ1) is 7.35. The fourth-order valence-corrected chi connectivity index (χ4v) is 2.19. The summed E-state index contributed by atoms with van der Waals surface area (Å²) in [6.07, 6.45) is 1.08. The molecule has 0 fully saturated rings. The standard InChI is InChI=1S/C11H11N3S/c1-2-6-13-8-4-3-5-9-11(8)14-10(7-12)15-9/h3-5,13H,2,6H2,1H3. The van der Waals surface area contributed by atoms with Gasteiger partial charge in [0.1, 0.15) is 11.6 Å². The minimum atomic E-state index is 0.524. The molecular weight excluding hydrogens is 206 g/mol. The predicted octanol–water partition coefficient (Wildman–Crippen LogP) is 2.99. The number of para-hydroxylation sites is 1. The zero-order valence-corrected chi connectivity index (χ0v) is 9.27. The van der Waals surface area contributed by atoms with Crippen molar-refractivity contribution in [3.63, 3.8) is 0 Å². The second kappa shape index (κ2) is 4.28. The van der Waals surface area contributed by atoms with E-state index in [4.69, 9.17) is 5.26 Å². The highest BCUT2D eigenvalue weighted by Gasteiger charge is 2.06. The molecule has 3 nitrogen and oxygen atoms in total. The van der Waals surface area contributed by atoms with Gasteiger partial charge in [-0.1, -0.05) is 13.0 Å². The van der Waals surface area contributed by atoms with Crippen LogP contribution in [0, 0.1) is 11.3 Å². The van der Waals surface area contributed by atoms with Gasteiger partial charge in [0.05, 0.1) is 10.4 Å². The zero-order chi connectivity index (χ0) is 10.7. The summed E-state index contributed by atoms with van der Waals surface area (Å²) < 4.78 is 1.06. The Morgan fingerprint density at radius 3 is 3.13 bits per heavy atom. The van der Waals surface area contributed by atoms with Crippen LogP contribution >= 0.6 is 11.3 Å². The normalized spacial score (nSPS) is 10.1. The van der Waals surface area contributed by atoms with E-state index in [0.717, 1.165) is 28.9 Å². The Balaban J connectivity index is 2.46. The Morgan fingerprint density at radius 1 is 1.53 bits per heavy atom. The topological polar surface area (TPSA) is 48.7 Å². The van der Waals surface area contributed by atoms with Gasteiger partial charge in [0, 0.05) is 6.54 Å². The number of anilines is 1. The third-order valence-electron chi connectivity index (χ3n) is 2.08. The lowest BCUT2D eigenvalue weighted by atomic mass is 10.3. The smallest absolute Gasteiger partial charge is 0.195 e. The molecule has 4 heteroatoms. The Morgan fingerprint density at radius 2 is 2.40 bits per heavy atom. The molecule has 1 N–H and O–H groups in total. The molecule has 0 saturated heterocycles. The molecular formula is C11H11N3S. The van der Waals surface area contributed by atoms with E-state index in [0.29, 0.717) is 5.01 Å². The molecule has 0 aliphatic heterocycles. The Hall–Kier alpha value is -1.60. The van der Waals surface area contributed by atoms with Crippen LogP contribution in [0.4, 0.5) is 5.69 Å². The summed E-state index contributed by atoms with van der Waals surface area (Å²) in [4.78, 5) is 4.28. The highest BCUT2D eigenvalue weighted by Crippen LogP contribution is 2.27. The fourth-order valence-electron chi connectivity index (χ4n) is 1.40. The van der Waals surface area contributed by atoms with E-state index >= 15 is 0 Å². The lowest BCUT2D eigenvalue weighted by Gasteiger charge is -2.04. The van der Waals surface area contributed by atoms with Crippen LogP contribution in [0.25, 0.3) is 10.2 Å². The van der Waals surface area contributed by atoms with Gasteiger partial charge in [0.25, 0.3) is 0 Å². The monoisotopic (exact) mass is 217 g/mol. The molecule has 0 bridgehead atoms. The van der Waals surface area contributed by atoms with Crippen LogP contribution in [0.5, 0.6) is 0 Å². The summed E-state index contributed by atoms with van der Waals surface area (Å²) in [5.74, 6) is 0. The molecule has 0 unspecified atom stereocenters. The van der Waals surface area contributed by atoms with Gasteiger partial charge in [0.2, 0.25) is 0 Å². The third-order valence-corrected chi connectivity index (χ3v) is 3.01. The Kier molecular flexibility index (Phi) is 2.84. The minimum absolute atomic E-state index is 0.524. The van der Waals surface area contributed by atoms with Crippen LogP contribution in [-0.4, -0.2) is 11.5 Å². The molecule has 0 spiro atoms. The molecule has 0 radical (unpaired) electrons. The van der Waals surface area contributed by atoms with E-state index in [1.54, 1.807) is 0 Å². The van der Waals surface area contributed by atoms with Gasteiger partial charge in [-0.15, -0.1) is 11.3 Å². The largest absolute Gasteiger partial charge is 0.383 e. The predicted molar refractivity (Wildman–Crippen MR) is 63.1 cm³/mol. The molecule has 2 aromatic rings. The number of nitrogens with one attached hydrogen (secondary N) is 1. The summed E-state index contributed by atoms with van der Waals surface area (Å²) in [5.41, 5.74) is 1.93. The SMILES string of the molecule is CCCNc1cccc2sc(C#N)nc12. The number of rotatable bonds is 3. The van der Waals surface area contributed by atoms with Crippen molar-refractivity contribution in [2.45, 2.75) is 13.3 Å². The first-order valence-corrected chi connectivity index (χ1v) is 5.70. The van der Waals surface area contributed by atoms with Crippen LogP contribution in [0.1, 0.15) is 18.4 Å². The lowest BCUT2D eigenvalue weighted by molar-refractivity contribution is 0.981. The van der Waals surface area contributed by atoms with E-state index in [1.165, 1.54) is 11.3 Å². The number of fused-ring (bicyclic) bond motifs is 1. The number of thiazole rings is 1. The highest BCUT2D eigenvalue weighted by atomic mass is 32.1. The summed E-state index contributed by atoms with van der Waals surface area (Å²) in [6, 6.07) is 8.06. The molecule has 0 amide bonds. The van der Waals surface area contributed by atoms with Gasteiger partial charge in [-0.2, -0.15) is 5.26 Å². The minimum Gasteiger partial charge on any atom is -0.383 e.